The minimum atomic E-state index is -3.38. The molecule has 5 atom stereocenters. The second-order valence-electron chi connectivity index (χ2n) is 8.18. The lowest BCUT2D eigenvalue weighted by Crippen LogP contribution is -2.29. The zero-order valence-corrected chi connectivity index (χ0v) is 19.8. The zero-order chi connectivity index (χ0) is 23.3. The van der Waals surface area contributed by atoms with E-state index in [-0.39, 0.29) is 17.9 Å². The van der Waals surface area contributed by atoms with E-state index < -0.39 is 13.5 Å². The number of hydrogen-bond donors (Lipinski definition) is 2. The fourth-order valence-corrected chi connectivity index (χ4v) is 6.83. The van der Waals surface area contributed by atoms with Gasteiger partial charge in [0.2, 0.25) is 0 Å². The van der Waals surface area contributed by atoms with E-state index >= 15 is 0 Å². The van der Waals surface area contributed by atoms with Crippen molar-refractivity contribution in [2.75, 3.05) is 14.2 Å². The van der Waals surface area contributed by atoms with Gasteiger partial charge in [-0.25, -0.2) is 0 Å². The monoisotopic (exact) mass is 459 g/mol. The highest BCUT2D eigenvalue weighted by molar-refractivity contribution is 7.71. The third kappa shape index (κ3) is 4.80. The summed E-state index contributed by atoms with van der Waals surface area (Å²) >= 11 is 0. The van der Waals surface area contributed by atoms with E-state index in [1.165, 1.54) is 7.11 Å². The van der Waals surface area contributed by atoms with Gasteiger partial charge >= 0.3 is 0 Å². The van der Waals surface area contributed by atoms with Crippen molar-refractivity contribution in [2.24, 2.45) is 11.8 Å². The molecule has 0 amide bonds. The standard InChI is InChI=1S/C28H30NO3P/c1-29-27(21-12-6-3-7-13-21)25-19-18-23(28(30)22-14-8-4-9-15-22)20-26(25)33(31,32-2)24-16-10-5-11-17-24/h3-20,23,25,27-30H,1-2H3/t23-,25+,27-,28-,33?/m1/s1. The molecule has 4 rings (SSSR count). The molecule has 1 unspecified atom stereocenters. The molecule has 3 aromatic carbocycles. The fraction of sp³-hybridized carbons (Fsp3) is 0.214. The predicted octanol–water partition coefficient (Wildman–Crippen LogP) is 5.62. The van der Waals surface area contributed by atoms with E-state index in [0.717, 1.165) is 11.1 Å². The van der Waals surface area contributed by atoms with E-state index in [4.69, 9.17) is 4.52 Å². The molecule has 0 bridgehead atoms. The summed E-state index contributed by atoms with van der Waals surface area (Å²) in [5, 5.41) is 15.9. The molecular weight excluding hydrogens is 429 g/mol. The Hall–Kier alpha value is -2.75. The van der Waals surface area contributed by atoms with Crippen LogP contribution in [-0.4, -0.2) is 19.3 Å². The topological polar surface area (TPSA) is 58.6 Å². The van der Waals surface area contributed by atoms with Crippen LogP contribution in [0, 0.1) is 11.8 Å². The molecule has 0 saturated carbocycles. The van der Waals surface area contributed by atoms with Gasteiger partial charge in [0.05, 0.1) is 6.10 Å². The summed E-state index contributed by atoms with van der Waals surface area (Å²) in [7, 11) is 0.0330. The quantitative estimate of drug-likeness (QED) is 0.339. The van der Waals surface area contributed by atoms with Crippen molar-refractivity contribution >= 4 is 12.7 Å². The van der Waals surface area contributed by atoms with Crippen LogP contribution in [0.4, 0.5) is 0 Å². The van der Waals surface area contributed by atoms with Crippen LogP contribution in [0.15, 0.2) is 115 Å². The Kier molecular flexibility index (Phi) is 7.42. The molecule has 33 heavy (non-hydrogen) atoms. The fourth-order valence-electron chi connectivity index (χ4n) is 4.55. The Morgan fingerprint density at radius 3 is 1.94 bits per heavy atom. The van der Waals surface area contributed by atoms with Gasteiger partial charge in [-0.2, -0.15) is 0 Å². The molecule has 2 N–H and O–H groups in total. The lowest BCUT2D eigenvalue weighted by Gasteiger charge is -2.35. The van der Waals surface area contributed by atoms with Crippen molar-refractivity contribution in [2.45, 2.75) is 12.1 Å². The molecule has 0 aromatic heterocycles. The van der Waals surface area contributed by atoms with Crippen LogP contribution in [0.1, 0.15) is 23.3 Å². The predicted molar refractivity (Wildman–Crippen MR) is 135 cm³/mol. The summed E-state index contributed by atoms with van der Waals surface area (Å²) < 4.78 is 20.3. The molecular formula is C28H30NO3P. The first kappa shape index (κ1) is 23.4. The SMILES string of the molecule is CN[C@H](c1ccccc1)[C@H]1C=C[C@@H]([C@H](O)c2ccccc2)C=C1P(=O)(OC)c1ccccc1. The Bertz CT molecular complexity index is 1150. The van der Waals surface area contributed by atoms with Crippen LogP contribution >= 0.6 is 7.37 Å². The maximum Gasteiger partial charge on any atom is 0.257 e. The Morgan fingerprint density at radius 2 is 1.39 bits per heavy atom. The van der Waals surface area contributed by atoms with Gasteiger partial charge in [0.15, 0.2) is 0 Å². The van der Waals surface area contributed by atoms with Gasteiger partial charge in [0.1, 0.15) is 0 Å². The van der Waals surface area contributed by atoms with Crippen LogP contribution < -0.4 is 10.6 Å². The van der Waals surface area contributed by atoms with Crippen LogP contribution in [-0.2, 0) is 9.09 Å². The first-order valence-electron chi connectivity index (χ1n) is 11.2. The Morgan fingerprint density at radius 1 is 0.848 bits per heavy atom. The normalized spacial score (nSPS) is 21.6. The van der Waals surface area contributed by atoms with Gasteiger partial charge < -0.3 is 14.9 Å². The first-order valence-corrected chi connectivity index (χ1v) is 12.8. The van der Waals surface area contributed by atoms with Gasteiger partial charge in [-0.05, 0) is 30.3 Å². The van der Waals surface area contributed by atoms with Gasteiger partial charge in [0.25, 0.3) is 7.37 Å². The second-order valence-corrected chi connectivity index (χ2v) is 10.7. The van der Waals surface area contributed by atoms with E-state index in [2.05, 4.69) is 23.5 Å². The summed E-state index contributed by atoms with van der Waals surface area (Å²) in [6, 6.07) is 28.9. The lowest BCUT2D eigenvalue weighted by molar-refractivity contribution is 0.149. The Balaban J connectivity index is 1.82. The number of nitrogens with one attached hydrogen (secondary N) is 1. The summed E-state index contributed by atoms with van der Waals surface area (Å²) in [6.45, 7) is 0. The van der Waals surface area contributed by atoms with Crippen molar-refractivity contribution in [1.29, 1.82) is 0 Å². The molecule has 1 aliphatic rings. The number of aliphatic hydroxyl groups excluding tert-OH is 1. The molecule has 3 aromatic rings. The van der Waals surface area contributed by atoms with Crippen LogP contribution in [0.3, 0.4) is 0 Å². The van der Waals surface area contributed by atoms with Crippen LogP contribution in [0.25, 0.3) is 0 Å². The number of benzene rings is 3. The van der Waals surface area contributed by atoms with E-state index in [1.54, 1.807) is 0 Å². The lowest BCUT2D eigenvalue weighted by atomic mass is 9.84. The maximum atomic E-state index is 14.5. The average molecular weight is 460 g/mol. The number of aliphatic hydroxyl groups is 1. The van der Waals surface area contributed by atoms with E-state index in [9.17, 15) is 9.67 Å². The van der Waals surface area contributed by atoms with Crippen molar-refractivity contribution < 1.29 is 14.2 Å². The van der Waals surface area contributed by atoms with E-state index in [1.807, 2.05) is 98.1 Å². The average Bonchev–Trinajstić information content (AvgIpc) is 2.90. The molecule has 1 aliphatic carbocycles. The summed E-state index contributed by atoms with van der Waals surface area (Å²) in [5.74, 6) is -0.526. The molecule has 170 valence electrons. The van der Waals surface area contributed by atoms with Crippen LogP contribution in [0.2, 0.25) is 0 Å². The van der Waals surface area contributed by atoms with Crippen molar-refractivity contribution in [1.82, 2.24) is 5.32 Å². The first-order chi connectivity index (χ1) is 16.1. The minimum absolute atomic E-state index is 0.101. The third-order valence-electron chi connectivity index (χ3n) is 6.27. The van der Waals surface area contributed by atoms with Crippen LogP contribution in [0.5, 0.6) is 0 Å². The van der Waals surface area contributed by atoms with Crippen molar-refractivity contribution in [3.63, 3.8) is 0 Å². The maximum absolute atomic E-state index is 14.5. The van der Waals surface area contributed by atoms with Crippen molar-refractivity contribution in [3.05, 3.63) is 126 Å². The van der Waals surface area contributed by atoms with Gasteiger partial charge in [-0.1, -0.05) is 97.1 Å². The molecule has 0 heterocycles. The Labute approximate surface area is 196 Å². The summed E-state index contributed by atoms with van der Waals surface area (Å²) in [6.07, 6.45) is 5.29. The second kappa shape index (κ2) is 10.5. The largest absolute Gasteiger partial charge is 0.387 e. The highest BCUT2D eigenvalue weighted by Gasteiger charge is 2.40. The van der Waals surface area contributed by atoms with Gasteiger partial charge in [-0.3, -0.25) is 4.57 Å². The molecule has 4 nitrogen and oxygen atoms in total. The summed E-state index contributed by atoms with van der Waals surface area (Å²) in [5.41, 5.74) is 1.92. The highest BCUT2D eigenvalue weighted by Crippen LogP contribution is 2.60. The summed E-state index contributed by atoms with van der Waals surface area (Å²) in [4.78, 5) is 0. The number of rotatable bonds is 8. The molecule has 0 saturated heterocycles. The van der Waals surface area contributed by atoms with Gasteiger partial charge in [-0.15, -0.1) is 0 Å². The van der Waals surface area contributed by atoms with Gasteiger partial charge in [0, 0.05) is 35.6 Å². The minimum Gasteiger partial charge on any atom is -0.387 e. The highest BCUT2D eigenvalue weighted by atomic mass is 31.2. The third-order valence-corrected chi connectivity index (χ3v) is 8.89. The molecule has 0 aliphatic heterocycles. The van der Waals surface area contributed by atoms with Crippen molar-refractivity contribution in [3.8, 4) is 0 Å². The molecule has 0 fully saturated rings. The smallest absolute Gasteiger partial charge is 0.257 e. The number of hydrogen-bond acceptors (Lipinski definition) is 4. The molecule has 0 spiro atoms. The molecule has 0 radical (unpaired) electrons. The van der Waals surface area contributed by atoms with E-state index in [0.29, 0.717) is 10.6 Å². The molecule has 5 heteroatoms. The zero-order valence-electron chi connectivity index (χ0n) is 18.9.